The molecule has 0 bridgehead atoms. The van der Waals surface area contributed by atoms with Crippen molar-refractivity contribution in [1.82, 2.24) is 4.90 Å². The highest BCUT2D eigenvalue weighted by Crippen LogP contribution is 2.54. The molecule has 2 aromatic rings. The third kappa shape index (κ3) is 5.07. The minimum absolute atomic E-state index is 0.00606. The molecule has 45 heavy (non-hydrogen) atoms. The number of benzene rings is 2. The Morgan fingerprint density at radius 2 is 1.71 bits per heavy atom. The van der Waals surface area contributed by atoms with Crippen LogP contribution in [0.1, 0.15) is 49.4 Å². The number of aliphatic hydroxyl groups is 3. The molecule has 0 aliphatic heterocycles. The SMILES string of the molecule is CN(C)c1cc(NCc2ccc(C(C)(C)C)cc2)c(O)c2c1C[C@H]1C[C@H]3[C@H](N(C)C)C(O)C(C(N)=O)C(=O)[C@@]3(O)C(=O)C1=C2O. The lowest BCUT2D eigenvalue weighted by Crippen LogP contribution is -2.73. The van der Waals surface area contributed by atoms with Crippen molar-refractivity contribution in [2.75, 3.05) is 38.4 Å². The van der Waals surface area contributed by atoms with E-state index < -0.39 is 58.7 Å². The zero-order valence-corrected chi connectivity index (χ0v) is 26.9. The fourth-order valence-corrected chi connectivity index (χ4v) is 7.51. The number of fused-ring (bicyclic) bond motifs is 3. The van der Waals surface area contributed by atoms with E-state index in [2.05, 4.69) is 38.2 Å². The minimum atomic E-state index is -2.69. The molecule has 0 saturated heterocycles. The van der Waals surface area contributed by atoms with E-state index in [1.54, 1.807) is 25.1 Å². The second kappa shape index (κ2) is 11.1. The molecule has 0 heterocycles. The number of ketones is 2. The predicted octanol–water partition coefficient (Wildman–Crippen LogP) is 2.10. The topological polar surface area (TPSA) is 177 Å². The van der Waals surface area contributed by atoms with Crippen LogP contribution < -0.4 is 16.0 Å². The highest BCUT2D eigenvalue weighted by Gasteiger charge is 2.67. The molecule has 3 aliphatic carbocycles. The predicted molar refractivity (Wildman–Crippen MR) is 171 cm³/mol. The number of hydrogen-bond donors (Lipinski definition) is 6. The third-order valence-electron chi connectivity index (χ3n) is 9.85. The first-order valence-corrected chi connectivity index (χ1v) is 15.2. The van der Waals surface area contributed by atoms with Gasteiger partial charge in [0.15, 0.2) is 11.4 Å². The van der Waals surface area contributed by atoms with Gasteiger partial charge in [0, 0.05) is 43.9 Å². The van der Waals surface area contributed by atoms with E-state index in [1.807, 2.05) is 31.1 Å². The van der Waals surface area contributed by atoms with E-state index in [-0.39, 0.29) is 35.1 Å². The van der Waals surface area contributed by atoms with E-state index in [9.17, 15) is 34.8 Å². The van der Waals surface area contributed by atoms with Crippen LogP contribution in [-0.2, 0) is 32.8 Å². The molecule has 11 nitrogen and oxygen atoms in total. The first-order valence-electron chi connectivity index (χ1n) is 15.2. The van der Waals surface area contributed by atoms with Gasteiger partial charge in [-0.15, -0.1) is 0 Å². The number of primary amides is 1. The Balaban J connectivity index is 1.58. The minimum Gasteiger partial charge on any atom is -0.507 e. The van der Waals surface area contributed by atoms with Gasteiger partial charge in [0.05, 0.1) is 17.4 Å². The molecule has 0 radical (unpaired) electrons. The number of amides is 1. The van der Waals surface area contributed by atoms with Crippen molar-refractivity contribution in [2.24, 2.45) is 23.5 Å². The Hall–Kier alpha value is -3.93. The number of carbonyl (C=O) groups excluding carboxylic acids is 3. The van der Waals surface area contributed by atoms with Gasteiger partial charge in [-0.05, 0) is 61.0 Å². The number of hydrogen-bond acceptors (Lipinski definition) is 10. The lowest BCUT2D eigenvalue weighted by Gasteiger charge is -2.53. The molecule has 2 aromatic carbocycles. The van der Waals surface area contributed by atoms with Crippen LogP contribution in [0, 0.1) is 17.8 Å². The second-order valence-electron chi connectivity index (χ2n) is 14.1. The number of aromatic hydroxyl groups is 1. The summed E-state index contributed by atoms with van der Waals surface area (Å²) in [6.07, 6.45) is -1.24. The normalized spacial score (nSPS) is 28.0. The molecule has 7 N–H and O–H groups in total. The molecular formula is C34H44N4O7. The van der Waals surface area contributed by atoms with Crippen molar-refractivity contribution in [1.29, 1.82) is 0 Å². The molecule has 11 heteroatoms. The van der Waals surface area contributed by atoms with Crippen LogP contribution in [0.25, 0.3) is 5.76 Å². The van der Waals surface area contributed by atoms with Gasteiger partial charge in [-0.25, -0.2) is 0 Å². The zero-order chi connectivity index (χ0) is 33.3. The maximum atomic E-state index is 14.2. The van der Waals surface area contributed by atoms with E-state index in [4.69, 9.17) is 5.73 Å². The number of nitrogens with zero attached hydrogens (tertiary/aromatic N) is 2. The summed E-state index contributed by atoms with van der Waals surface area (Å²) in [5.41, 5.74) is 6.48. The largest absolute Gasteiger partial charge is 0.507 e. The van der Waals surface area contributed by atoms with Gasteiger partial charge < -0.3 is 41.3 Å². The molecule has 5 rings (SSSR count). The van der Waals surface area contributed by atoms with E-state index in [0.29, 0.717) is 23.5 Å². The Labute approximate surface area is 263 Å². The fourth-order valence-electron chi connectivity index (χ4n) is 7.51. The number of Topliss-reactive ketones (excluding diaryl/α,β-unsaturated/α-hetero) is 2. The maximum absolute atomic E-state index is 14.2. The molecule has 2 fully saturated rings. The molecule has 1 amide bonds. The molecule has 3 aliphatic rings. The summed E-state index contributed by atoms with van der Waals surface area (Å²) in [5.74, 6) is -7.64. The van der Waals surface area contributed by atoms with Crippen LogP contribution in [0.5, 0.6) is 5.75 Å². The smallest absolute Gasteiger partial charge is 0.230 e. The third-order valence-corrected chi connectivity index (χ3v) is 9.85. The number of nitrogens with two attached hydrogens (primary N) is 1. The molecular weight excluding hydrogens is 576 g/mol. The van der Waals surface area contributed by atoms with Crippen LogP contribution in [0.4, 0.5) is 11.4 Å². The average Bonchev–Trinajstić information content (AvgIpc) is 2.93. The summed E-state index contributed by atoms with van der Waals surface area (Å²) in [6, 6.07) is 9.00. The van der Waals surface area contributed by atoms with Gasteiger partial charge in [0.1, 0.15) is 17.4 Å². The van der Waals surface area contributed by atoms with E-state index >= 15 is 0 Å². The summed E-state index contributed by atoms with van der Waals surface area (Å²) in [7, 11) is 6.93. The Morgan fingerprint density at radius 3 is 2.24 bits per heavy atom. The molecule has 2 unspecified atom stereocenters. The molecule has 0 aromatic heterocycles. The van der Waals surface area contributed by atoms with Crippen molar-refractivity contribution < 1.29 is 34.8 Å². The average molecular weight is 621 g/mol. The lowest BCUT2D eigenvalue weighted by molar-refractivity contribution is -0.184. The van der Waals surface area contributed by atoms with Crippen LogP contribution in [0.2, 0.25) is 0 Å². The molecule has 2 saturated carbocycles. The monoisotopic (exact) mass is 620 g/mol. The van der Waals surface area contributed by atoms with Crippen LogP contribution >= 0.6 is 0 Å². The Morgan fingerprint density at radius 1 is 1.09 bits per heavy atom. The van der Waals surface area contributed by atoms with Gasteiger partial charge in [-0.2, -0.15) is 0 Å². The number of likely N-dealkylation sites (N-methyl/N-ethyl adjacent to an activating group) is 1. The molecule has 242 valence electrons. The molecule has 0 spiro atoms. The number of rotatable bonds is 6. The first kappa shape index (κ1) is 32.5. The van der Waals surface area contributed by atoms with Gasteiger partial charge in [0.2, 0.25) is 11.7 Å². The fraction of sp³-hybridized carbons (Fsp3) is 0.500. The number of anilines is 2. The zero-order valence-electron chi connectivity index (χ0n) is 26.9. The van der Waals surface area contributed by atoms with Crippen molar-refractivity contribution in [3.8, 4) is 5.75 Å². The summed E-state index contributed by atoms with van der Waals surface area (Å²) >= 11 is 0. The van der Waals surface area contributed by atoms with E-state index in [0.717, 1.165) is 5.56 Å². The highest BCUT2D eigenvalue weighted by molar-refractivity contribution is 6.25. The summed E-state index contributed by atoms with van der Waals surface area (Å²) in [5, 5.41) is 49.4. The number of aliphatic hydroxyl groups excluding tert-OH is 2. The van der Waals surface area contributed by atoms with Crippen molar-refractivity contribution in [3.05, 3.63) is 58.2 Å². The number of carbonyl (C=O) groups is 3. The van der Waals surface area contributed by atoms with Crippen LogP contribution in [0.3, 0.4) is 0 Å². The standard InChI is InChI=1S/C34H44N4O7/c1-33(2,3)18-10-8-16(9-11-18)15-36-21-14-22(37(4)5)19-12-17-13-20-26(38(6)7)29(41)25(32(35)44)31(43)34(20,45)30(42)23(17)28(40)24(19)27(21)39/h8-11,14,17,20,25-26,29,36,39-41,45H,12-13,15H2,1-7H3,(H2,35,44)/t17-,20-,25?,26-,29?,34-/m0/s1. The summed E-state index contributed by atoms with van der Waals surface area (Å²) in [4.78, 5) is 43.5. The Bertz CT molecular complexity index is 1590. The van der Waals surface area contributed by atoms with Crippen molar-refractivity contribution in [2.45, 2.75) is 63.3 Å². The highest BCUT2D eigenvalue weighted by atomic mass is 16.3. The van der Waals surface area contributed by atoms with Gasteiger partial charge in [-0.3, -0.25) is 14.4 Å². The quantitative estimate of drug-likeness (QED) is 0.207. The van der Waals surface area contributed by atoms with Crippen molar-refractivity contribution in [3.63, 3.8) is 0 Å². The lowest BCUT2D eigenvalue weighted by atomic mass is 9.54. The maximum Gasteiger partial charge on any atom is 0.230 e. The van der Waals surface area contributed by atoms with Crippen LogP contribution in [-0.4, -0.2) is 88.7 Å². The van der Waals surface area contributed by atoms with Crippen LogP contribution in [0.15, 0.2) is 35.9 Å². The number of nitrogens with one attached hydrogen (secondary N) is 1. The molecule has 6 atom stereocenters. The number of phenolic OH excluding ortho intramolecular Hbond substituents is 1. The van der Waals surface area contributed by atoms with Gasteiger partial charge in [0.25, 0.3) is 0 Å². The summed E-state index contributed by atoms with van der Waals surface area (Å²) < 4.78 is 0. The first-order chi connectivity index (χ1) is 20.9. The van der Waals surface area contributed by atoms with Gasteiger partial charge in [-0.1, -0.05) is 45.0 Å². The van der Waals surface area contributed by atoms with E-state index in [1.165, 1.54) is 5.56 Å². The summed E-state index contributed by atoms with van der Waals surface area (Å²) in [6.45, 7) is 6.79. The Kier molecular flexibility index (Phi) is 8.04. The van der Waals surface area contributed by atoms with Crippen molar-refractivity contribution >= 4 is 34.6 Å². The second-order valence-corrected chi connectivity index (χ2v) is 14.1. The van der Waals surface area contributed by atoms with Gasteiger partial charge >= 0.3 is 0 Å². The number of phenols is 1.